The van der Waals surface area contributed by atoms with Crippen LogP contribution < -0.4 is 4.57 Å². The molecule has 5 aromatic rings. The molecule has 0 saturated heterocycles. The molecule has 0 aliphatic carbocycles. The third-order valence-electron chi connectivity index (χ3n) is 11.2. The Morgan fingerprint density at radius 3 is 1.88 bits per heavy atom. The Morgan fingerprint density at radius 2 is 1.33 bits per heavy atom. The summed E-state index contributed by atoms with van der Waals surface area (Å²) in [5.41, 5.74) is 6.40. The van der Waals surface area contributed by atoms with Crippen LogP contribution >= 0.6 is 11.3 Å². The van der Waals surface area contributed by atoms with Crippen molar-refractivity contribution in [1.29, 1.82) is 0 Å². The fourth-order valence-corrected chi connectivity index (χ4v) is 8.81. The first-order chi connectivity index (χ1) is 23.7. The van der Waals surface area contributed by atoms with Crippen LogP contribution in [0.4, 0.5) is 0 Å². The predicted molar refractivity (Wildman–Crippen MR) is 218 cm³/mol. The van der Waals surface area contributed by atoms with Crippen molar-refractivity contribution in [3.8, 4) is 11.3 Å². The first kappa shape index (κ1) is 42.3. The molecule has 0 amide bonds. The number of allylic oxidation sites excluding steroid dienone is 2. The van der Waals surface area contributed by atoms with Crippen molar-refractivity contribution in [3.05, 3.63) is 103 Å². The second-order valence-corrected chi connectivity index (χ2v) is 16.2. The molecular formula is C46H60IrNO2S-. The summed E-state index contributed by atoms with van der Waals surface area (Å²) in [6.07, 6.45) is 9.27. The van der Waals surface area contributed by atoms with Gasteiger partial charge in [0.05, 0.1) is 17.6 Å². The van der Waals surface area contributed by atoms with Gasteiger partial charge in [0.15, 0.2) is 5.78 Å². The summed E-state index contributed by atoms with van der Waals surface area (Å²) in [7, 11) is 4.43. The molecular weight excluding hydrogens is 823 g/mol. The smallest absolute Gasteiger partial charge is 0.162 e. The molecule has 0 atom stereocenters. The van der Waals surface area contributed by atoms with Crippen molar-refractivity contribution in [2.45, 2.75) is 119 Å². The van der Waals surface area contributed by atoms with E-state index in [4.69, 9.17) is 0 Å². The van der Waals surface area contributed by atoms with Gasteiger partial charge in [-0.25, -0.2) is 0 Å². The Morgan fingerprint density at radius 1 is 0.784 bits per heavy atom. The third kappa shape index (κ3) is 8.59. The summed E-state index contributed by atoms with van der Waals surface area (Å²) in [5.74, 6) is 0.547. The summed E-state index contributed by atoms with van der Waals surface area (Å²) < 4.78 is 4.74. The second-order valence-electron chi connectivity index (χ2n) is 15.2. The molecule has 0 bridgehead atoms. The molecule has 1 N–H and O–H groups in total. The first-order valence-corrected chi connectivity index (χ1v) is 19.6. The topological polar surface area (TPSA) is 41.2 Å². The molecule has 2 aromatic heterocycles. The average molecular weight is 883 g/mol. The molecule has 0 aliphatic heterocycles. The van der Waals surface area contributed by atoms with Crippen molar-refractivity contribution >= 4 is 48.1 Å². The first-order valence-electron chi connectivity index (χ1n) is 18.7. The van der Waals surface area contributed by atoms with Crippen LogP contribution in [0.2, 0.25) is 0 Å². The molecule has 0 spiro atoms. The van der Waals surface area contributed by atoms with Gasteiger partial charge in [-0.3, -0.25) is 4.79 Å². The zero-order chi connectivity index (χ0) is 37.0. The molecule has 0 aliphatic rings. The number of carbonyl (C=O) groups is 1. The number of benzene rings is 3. The number of aliphatic hydroxyl groups excluding tert-OH is 1. The Labute approximate surface area is 325 Å². The maximum absolute atomic E-state index is 11.7. The molecule has 277 valence electrons. The molecule has 3 nitrogen and oxygen atoms in total. The summed E-state index contributed by atoms with van der Waals surface area (Å²) in [6, 6.07) is 20.1. The van der Waals surface area contributed by atoms with Crippen LogP contribution in [-0.2, 0) is 35.7 Å². The maximum Gasteiger partial charge on any atom is 0.162 e. The Hall–Kier alpha value is -3.11. The van der Waals surface area contributed by atoms with Crippen LogP contribution in [0, 0.1) is 25.8 Å². The van der Waals surface area contributed by atoms with Gasteiger partial charge in [-0.15, -0.1) is 34.4 Å². The van der Waals surface area contributed by atoms with E-state index in [1.54, 1.807) is 0 Å². The van der Waals surface area contributed by atoms with Crippen LogP contribution in [0.3, 0.4) is 0 Å². The van der Waals surface area contributed by atoms with Crippen molar-refractivity contribution in [1.82, 2.24) is 0 Å². The number of aromatic nitrogens is 1. The van der Waals surface area contributed by atoms with Gasteiger partial charge in [0.2, 0.25) is 0 Å². The molecule has 51 heavy (non-hydrogen) atoms. The minimum absolute atomic E-state index is 0. The van der Waals surface area contributed by atoms with E-state index in [1.165, 1.54) is 53.7 Å². The minimum Gasteiger partial charge on any atom is -0.512 e. The number of carbonyl (C=O) groups excluding carboxylic acids is 1. The van der Waals surface area contributed by atoms with Gasteiger partial charge in [0.1, 0.15) is 0 Å². The Balaban J connectivity index is 0.000000374. The number of rotatable bonds is 11. The SMILES string of the molecule is CCC(CC)C(=O)/C=C(\O)C(CC)CC.[CH2-]c1c(-c2c3sc4c(C(C)(CC)CC)cccc4c3cc[n+]2[CH2-])cc(C(C)(C)C)c2ccccc12.[Ir]. The van der Waals surface area contributed by atoms with Gasteiger partial charge in [-0.1, -0.05) is 117 Å². The predicted octanol–water partition coefficient (Wildman–Crippen LogP) is 13.2. The molecule has 5 heteroatoms. The largest absolute Gasteiger partial charge is 0.512 e. The quantitative estimate of drug-likeness (QED) is 0.0621. The van der Waals surface area contributed by atoms with E-state index in [9.17, 15) is 9.90 Å². The van der Waals surface area contributed by atoms with Crippen LogP contribution in [0.15, 0.2) is 72.6 Å². The molecule has 5 rings (SSSR count). The fourth-order valence-electron chi connectivity index (χ4n) is 7.28. The summed E-state index contributed by atoms with van der Waals surface area (Å²) in [5, 5.41) is 14.9. The number of nitrogens with zero attached hydrogens (tertiary/aromatic N) is 1. The number of hydrogen-bond acceptors (Lipinski definition) is 3. The van der Waals surface area contributed by atoms with Gasteiger partial charge in [-0.2, -0.15) is 12.5 Å². The summed E-state index contributed by atoms with van der Waals surface area (Å²) in [6.45, 7) is 26.6. The minimum atomic E-state index is 0. The van der Waals surface area contributed by atoms with Crippen LogP contribution in [0.5, 0.6) is 0 Å². The molecule has 3 aromatic carbocycles. The Bertz CT molecular complexity index is 1980. The van der Waals surface area contributed by atoms with Crippen molar-refractivity contribution < 1.29 is 34.6 Å². The van der Waals surface area contributed by atoms with Gasteiger partial charge >= 0.3 is 0 Å². The van der Waals surface area contributed by atoms with Crippen LogP contribution in [-0.4, -0.2) is 10.9 Å². The summed E-state index contributed by atoms with van der Waals surface area (Å²) >= 11 is 1.92. The van der Waals surface area contributed by atoms with Crippen molar-refractivity contribution in [3.63, 3.8) is 0 Å². The fraction of sp³-hybridized carbons (Fsp3) is 0.435. The Kier molecular flexibility index (Phi) is 14.6. The molecule has 0 fully saturated rings. The van der Waals surface area contributed by atoms with Gasteiger partial charge in [0, 0.05) is 54.5 Å². The van der Waals surface area contributed by atoms with E-state index in [2.05, 4.69) is 116 Å². The number of ketones is 1. The van der Waals surface area contributed by atoms with E-state index in [0.717, 1.165) is 49.8 Å². The number of fused-ring (bicyclic) bond motifs is 4. The zero-order valence-corrected chi connectivity index (χ0v) is 35.9. The molecule has 0 saturated carbocycles. The van der Waals surface area contributed by atoms with Crippen LogP contribution in [0.1, 0.15) is 124 Å². The van der Waals surface area contributed by atoms with Crippen molar-refractivity contribution in [2.75, 3.05) is 0 Å². The van der Waals surface area contributed by atoms with Gasteiger partial charge in [0.25, 0.3) is 0 Å². The van der Waals surface area contributed by atoms with Gasteiger partial charge < -0.3 is 9.67 Å². The van der Waals surface area contributed by atoms with Crippen LogP contribution in [0.25, 0.3) is 42.2 Å². The number of pyridine rings is 1. The van der Waals surface area contributed by atoms with E-state index >= 15 is 0 Å². The number of thiophene rings is 1. The van der Waals surface area contributed by atoms with E-state index in [0.29, 0.717) is 0 Å². The zero-order valence-electron chi connectivity index (χ0n) is 32.7. The molecule has 1 radical (unpaired) electrons. The number of aliphatic hydroxyl groups is 1. The van der Waals surface area contributed by atoms with Crippen molar-refractivity contribution in [2.24, 2.45) is 11.8 Å². The third-order valence-corrected chi connectivity index (χ3v) is 12.5. The van der Waals surface area contributed by atoms with Gasteiger partial charge in [-0.05, 0) is 71.8 Å². The standard InChI is InChI=1S/C33H36NS.C13H24O2.Ir/c1-9-33(7,10-2)27-17-13-16-24-25-18-19-34(8)29(31(25)35-30(24)27)26-20-28(32(4,5)6)23-15-12-11-14-22(23)21(26)3;1-5-10(6-2)12(14)9-13(15)11(7-3)8-4;/h11-20H,3,8-10H2,1-2,4-7H3;9-11,14H,5-8H2,1-4H3;/q-1;;/b;12-9-;. The van der Waals surface area contributed by atoms with E-state index in [1.807, 2.05) is 43.6 Å². The normalized spacial score (nSPS) is 12.4. The second kappa shape index (κ2) is 17.6. The van der Waals surface area contributed by atoms with E-state index in [-0.39, 0.29) is 54.3 Å². The number of hydrogen-bond donors (Lipinski definition) is 1. The average Bonchev–Trinajstić information content (AvgIpc) is 3.48. The molecule has 0 unspecified atom stereocenters. The summed E-state index contributed by atoms with van der Waals surface area (Å²) in [4.78, 5) is 11.7. The molecule has 2 heterocycles. The maximum atomic E-state index is 11.7. The van der Waals surface area contributed by atoms with E-state index < -0.39 is 0 Å². The monoisotopic (exact) mass is 883 g/mol.